The van der Waals surface area contributed by atoms with Crippen molar-refractivity contribution in [2.75, 3.05) is 19.3 Å². The maximum atomic E-state index is 11.0. The van der Waals surface area contributed by atoms with Gasteiger partial charge in [0, 0.05) is 24.8 Å². The predicted molar refractivity (Wildman–Crippen MR) is 81.5 cm³/mol. The molecule has 2 rings (SSSR count). The molecule has 0 atom stereocenters. The topological polar surface area (TPSA) is 64.4 Å². The first kappa shape index (κ1) is 16.5. The summed E-state index contributed by atoms with van der Waals surface area (Å²) in [6, 6.07) is 2.21. The zero-order valence-corrected chi connectivity index (χ0v) is 14.1. The molecule has 6 nitrogen and oxygen atoms in total. The highest BCUT2D eigenvalue weighted by Crippen LogP contribution is 2.26. The Bertz CT molecular complexity index is 567. The summed E-state index contributed by atoms with van der Waals surface area (Å²) in [6.07, 6.45) is 5.08. The van der Waals surface area contributed by atoms with Gasteiger partial charge < -0.3 is 0 Å². The number of nitrogens with zero attached hydrogens (tertiary/aromatic N) is 3. The van der Waals surface area contributed by atoms with E-state index in [0.717, 1.165) is 32.2 Å². The molecule has 0 unspecified atom stereocenters. The van der Waals surface area contributed by atoms with Crippen LogP contribution in [-0.2, 0) is 20.9 Å². The molecule has 1 aromatic rings. The van der Waals surface area contributed by atoms with Gasteiger partial charge in [0.05, 0.1) is 18.0 Å². The number of hydrogen-bond acceptors (Lipinski definition) is 5. The van der Waals surface area contributed by atoms with Gasteiger partial charge in [0.25, 0.3) is 10.1 Å². The van der Waals surface area contributed by atoms with Crippen LogP contribution in [-0.4, -0.2) is 48.0 Å². The third-order valence-corrected chi connectivity index (χ3v) is 4.42. The van der Waals surface area contributed by atoms with Crippen LogP contribution in [0.25, 0.3) is 0 Å². The van der Waals surface area contributed by atoms with Gasteiger partial charge in [-0.25, -0.2) is 0 Å². The molecule has 0 N–H and O–H groups in total. The van der Waals surface area contributed by atoms with E-state index in [4.69, 9.17) is 4.18 Å². The molecule has 0 radical (unpaired) electrons. The van der Waals surface area contributed by atoms with Crippen molar-refractivity contribution >= 4 is 10.1 Å². The molecule has 1 aliphatic heterocycles. The van der Waals surface area contributed by atoms with E-state index in [1.165, 1.54) is 0 Å². The quantitative estimate of drug-likeness (QED) is 0.793. The van der Waals surface area contributed by atoms with E-state index >= 15 is 0 Å². The van der Waals surface area contributed by atoms with Crippen LogP contribution in [0, 0.1) is 0 Å². The third kappa shape index (κ3) is 4.79. The van der Waals surface area contributed by atoms with Crippen LogP contribution in [0.4, 0.5) is 0 Å². The van der Waals surface area contributed by atoms with E-state index in [0.29, 0.717) is 11.7 Å². The minimum atomic E-state index is -3.42. The van der Waals surface area contributed by atoms with E-state index in [1.54, 1.807) is 0 Å². The molecule has 0 bridgehead atoms. The second-order valence-electron chi connectivity index (χ2n) is 6.64. The maximum absolute atomic E-state index is 11.0. The van der Waals surface area contributed by atoms with Gasteiger partial charge in [0.2, 0.25) is 0 Å². The van der Waals surface area contributed by atoms with Gasteiger partial charge in [-0.05, 0) is 39.7 Å². The lowest BCUT2D eigenvalue weighted by atomic mass is 9.98. The predicted octanol–water partition coefficient (Wildman–Crippen LogP) is 1.79. The maximum Gasteiger partial charge on any atom is 0.264 e. The molecule has 2 heterocycles. The molecule has 0 aliphatic carbocycles. The van der Waals surface area contributed by atoms with Crippen molar-refractivity contribution in [2.24, 2.45) is 0 Å². The highest BCUT2D eigenvalue weighted by molar-refractivity contribution is 7.85. The molecule has 0 aromatic carbocycles. The fourth-order valence-corrected chi connectivity index (χ4v) is 2.96. The summed E-state index contributed by atoms with van der Waals surface area (Å²) in [4.78, 5) is 2.49. The average Bonchev–Trinajstić information content (AvgIpc) is 2.83. The summed E-state index contributed by atoms with van der Waals surface area (Å²) in [5.41, 5.74) is 0.863. The van der Waals surface area contributed by atoms with Crippen molar-refractivity contribution in [2.45, 2.75) is 51.8 Å². The second-order valence-corrected chi connectivity index (χ2v) is 8.29. The summed E-state index contributed by atoms with van der Waals surface area (Å²) in [7, 11) is -3.42. The largest absolute Gasteiger partial charge is 0.298 e. The number of piperidine rings is 1. The summed E-state index contributed by atoms with van der Waals surface area (Å²) >= 11 is 0. The molecule has 1 aliphatic rings. The Morgan fingerprint density at radius 3 is 2.48 bits per heavy atom. The van der Waals surface area contributed by atoms with Crippen molar-refractivity contribution in [3.8, 4) is 0 Å². The molecule has 1 saturated heterocycles. The molecule has 7 heteroatoms. The highest BCUT2D eigenvalue weighted by Gasteiger charge is 2.27. The van der Waals surface area contributed by atoms with Crippen molar-refractivity contribution in [3.63, 3.8) is 0 Å². The normalized spacial score (nSPS) is 19.0. The number of hydrogen-bond donors (Lipinski definition) is 0. The van der Waals surface area contributed by atoms with E-state index in [9.17, 15) is 8.42 Å². The summed E-state index contributed by atoms with van der Waals surface area (Å²) in [5, 5.41) is 4.43. The molecular weight excluding hydrogens is 290 g/mol. The molecule has 1 aromatic heterocycles. The fraction of sp³-hybridized carbons (Fsp3) is 0.786. The Hall–Kier alpha value is -0.920. The van der Waals surface area contributed by atoms with Gasteiger partial charge in [0.15, 0.2) is 0 Å². The first-order chi connectivity index (χ1) is 9.65. The average molecular weight is 315 g/mol. The molecule has 120 valence electrons. The Morgan fingerprint density at radius 2 is 1.95 bits per heavy atom. The van der Waals surface area contributed by atoms with Crippen LogP contribution >= 0.6 is 0 Å². The fourth-order valence-electron chi connectivity index (χ4n) is 2.63. The van der Waals surface area contributed by atoms with Gasteiger partial charge in [-0.2, -0.15) is 13.5 Å². The molecule has 21 heavy (non-hydrogen) atoms. The van der Waals surface area contributed by atoms with Crippen LogP contribution in [0.3, 0.4) is 0 Å². The van der Waals surface area contributed by atoms with E-state index in [1.807, 2.05) is 16.9 Å². The Morgan fingerprint density at radius 1 is 1.33 bits per heavy atom. The summed E-state index contributed by atoms with van der Waals surface area (Å²) < 4.78 is 28.7. The number of rotatable bonds is 4. The van der Waals surface area contributed by atoms with Crippen LogP contribution in [0.5, 0.6) is 0 Å². The summed E-state index contributed by atoms with van der Waals surface area (Å²) in [5.74, 6) is 0. The molecule has 0 saturated carbocycles. The second kappa shape index (κ2) is 6.06. The van der Waals surface area contributed by atoms with Crippen LogP contribution in [0.15, 0.2) is 12.3 Å². The Labute approximate surface area is 127 Å². The smallest absolute Gasteiger partial charge is 0.264 e. The van der Waals surface area contributed by atoms with E-state index < -0.39 is 10.1 Å². The van der Waals surface area contributed by atoms with Gasteiger partial charge in [0.1, 0.15) is 6.61 Å². The standard InChI is InChI=1S/C14H25N3O3S/c1-14(2,3)16-8-6-13(7-9-16)17-10-5-12(15-17)11-20-21(4,18)19/h5,10,13H,6-9,11H2,1-4H3. The van der Waals surface area contributed by atoms with Crippen LogP contribution in [0.2, 0.25) is 0 Å². The van der Waals surface area contributed by atoms with Crippen molar-refractivity contribution in [1.82, 2.24) is 14.7 Å². The minimum absolute atomic E-state index is 0.00662. The lowest BCUT2D eigenvalue weighted by molar-refractivity contribution is 0.0868. The lowest BCUT2D eigenvalue weighted by Crippen LogP contribution is -2.46. The van der Waals surface area contributed by atoms with Gasteiger partial charge in [-0.3, -0.25) is 13.8 Å². The first-order valence-corrected chi connectivity index (χ1v) is 9.10. The zero-order chi connectivity index (χ0) is 15.7. The number of aromatic nitrogens is 2. The zero-order valence-electron chi connectivity index (χ0n) is 13.2. The molecule has 1 fully saturated rings. The monoisotopic (exact) mass is 315 g/mol. The third-order valence-electron chi connectivity index (χ3n) is 3.87. The van der Waals surface area contributed by atoms with E-state index in [2.05, 4.69) is 30.8 Å². The van der Waals surface area contributed by atoms with Gasteiger partial charge >= 0.3 is 0 Å². The lowest BCUT2D eigenvalue weighted by Gasteiger charge is -2.40. The van der Waals surface area contributed by atoms with E-state index in [-0.39, 0.29) is 12.1 Å². The van der Waals surface area contributed by atoms with Crippen molar-refractivity contribution in [3.05, 3.63) is 18.0 Å². The Balaban J connectivity index is 1.91. The SMILES string of the molecule is CC(C)(C)N1CCC(n2ccc(COS(C)(=O)=O)n2)CC1. The Kier molecular flexibility index (Phi) is 4.75. The first-order valence-electron chi connectivity index (χ1n) is 7.29. The molecular formula is C14H25N3O3S. The molecule has 0 amide bonds. The summed E-state index contributed by atoms with van der Waals surface area (Å²) in [6.45, 7) is 8.84. The molecule has 0 spiro atoms. The van der Waals surface area contributed by atoms with Gasteiger partial charge in [-0.15, -0.1) is 0 Å². The van der Waals surface area contributed by atoms with Crippen LogP contribution in [0.1, 0.15) is 45.3 Å². The van der Waals surface area contributed by atoms with Gasteiger partial charge in [-0.1, -0.05) is 0 Å². The van der Waals surface area contributed by atoms with Crippen molar-refractivity contribution in [1.29, 1.82) is 0 Å². The highest BCUT2D eigenvalue weighted by atomic mass is 32.2. The number of likely N-dealkylation sites (tertiary alicyclic amines) is 1. The van der Waals surface area contributed by atoms with Crippen LogP contribution < -0.4 is 0 Å². The minimum Gasteiger partial charge on any atom is -0.298 e. The van der Waals surface area contributed by atoms with Crippen molar-refractivity contribution < 1.29 is 12.6 Å².